The Hall–Kier alpha value is -0.150. The maximum absolute atomic E-state index is 12.0. The molecule has 0 saturated carbocycles. The average Bonchev–Trinajstić information content (AvgIpc) is 2.25. The summed E-state index contributed by atoms with van der Waals surface area (Å²) >= 11 is 0. The summed E-state index contributed by atoms with van der Waals surface area (Å²) in [6, 6.07) is 0.592. The molecule has 15 heavy (non-hydrogen) atoms. The molecule has 1 aliphatic rings. The molecule has 0 spiro atoms. The lowest BCUT2D eigenvalue weighted by atomic mass is 9.96. The fraction of sp³-hybridized carbons (Fsp3) is 1.00. The second-order valence-electron chi connectivity index (χ2n) is 4.89. The van der Waals surface area contributed by atoms with E-state index in [2.05, 4.69) is 24.1 Å². The van der Waals surface area contributed by atoms with Crippen LogP contribution in [0.25, 0.3) is 0 Å². The molecule has 0 radical (unpaired) electrons. The molecule has 0 aromatic heterocycles. The number of hydrogen-bond donors (Lipinski definition) is 1. The first kappa shape index (κ1) is 12.9. The first-order chi connectivity index (χ1) is 7.22. The molecule has 0 atom stereocenters. The second-order valence-corrected chi connectivity index (χ2v) is 4.89. The minimum atomic E-state index is -0.172. The van der Waals surface area contributed by atoms with E-state index in [4.69, 9.17) is 0 Å². The molecule has 0 aromatic rings. The van der Waals surface area contributed by atoms with E-state index in [0.717, 1.165) is 32.1 Å². The number of hydrogen-bond acceptors (Lipinski definition) is 2. The molecule has 2 nitrogen and oxygen atoms in total. The number of rotatable bonds is 6. The van der Waals surface area contributed by atoms with E-state index in [9.17, 15) is 4.39 Å². The van der Waals surface area contributed by atoms with E-state index in [1.165, 1.54) is 12.8 Å². The molecule has 0 unspecified atom stereocenters. The molecular formula is C12H25FN2. The topological polar surface area (TPSA) is 15.3 Å². The first-order valence-electron chi connectivity index (χ1n) is 6.24. The van der Waals surface area contributed by atoms with Crippen molar-refractivity contribution in [1.82, 2.24) is 10.2 Å². The van der Waals surface area contributed by atoms with Crippen LogP contribution in [0.15, 0.2) is 0 Å². The number of piperidine rings is 1. The number of nitrogens with one attached hydrogen (secondary N) is 1. The molecule has 1 N–H and O–H groups in total. The van der Waals surface area contributed by atoms with Crippen molar-refractivity contribution in [2.45, 2.75) is 39.2 Å². The molecule has 0 bridgehead atoms. The summed E-state index contributed by atoms with van der Waals surface area (Å²) in [5, 5.41) is 3.49. The van der Waals surface area contributed by atoms with Gasteiger partial charge in [0.15, 0.2) is 0 Å². The van der Waals surface area contributed by atoms with Gasteiger partial charge in [0.25, 0.3) is 0 Å². The molecular weight excluding hydrogens is 191 g/mol. The Balaban J connectivity index is 2.07. The zero-order valence-corrected chi connectivity index (χ0v) is 10.1. The van der Waals surface area contributed by atoms with Crippen LogP contribution >= 0.6 is 0 Å². The van der Waals surface area contributed by atoms with Gasteiger partial charge in [0.2, 0.25) is 0 Å². The van der Waals surface area contributed by atoms with Crippen LogP contribution in [-0.4, -0.2) is 43.8 Å². The highest BCUT2D eigenvalue weighted by Gasteiger charge is 2.18. The van der Waals surface area contributed by atoms with Gasteiger partial charge in [-0.05, 0) is 44.8 Å². The van der Waals surface area contributed by atoms with Gasteiger partial charge >= 0.3 is 0 Å². The molecule has 1 rings (SSSR count). The molecule has 0 aliphatic carbocycles. The zero-order valence-electron chi connectivity index (χ0n) is 10.1. The molecule has 1 fully saturated rings. The number of alkyl halides is 1. The van der Waals surface area contributed by atoms with Gasteiger partial charge in [0, 0.05) is 12.6 Å². The van der Waals surface area contributed by atoms with E-state index < -0.39 is 0 Å². The normalized spacial score (nSPS) is 20.0. The van der Waals surface area contributed by atoms with Crippen LogP contribution in [-0.2, 0) is 0 Å². The quantitative estimate of drug-likeness (QED) is 0.731. The first-order valence-corrected chi connectivity index (χ1v) is 6.24. The minimum absolute atomic E-state index is 0.172. The molecule has 1 heterocycles. The predicted octanol–water partition coefficient (Wildman–Crippen LogP) is 2.06. The van der Waals surface area contributed by atoms with Crippen molar-refractivity contribution in [3.63, 3.8) is 0 Å². The van der Waals surface area contributed by atoms with E-state index in [-0.39, 0.29) is 6.67 Å². The Bertz CT molecular complexity index is 154. The van der Waals surface area contributed by atoms with Crippen LogP contribution in [0.2, 0.25) is 0 Å². The number of halogens is 1. The second kappa shape index (κ2) is 7.18. The third-order valence-electron chi connectivity index (χ3n) is 3.13. The van der Waals surface area contributed by atoms with Gasteiger partial charge in [-0.2, -0.15) is 0 Å². The smallest absolute Gasteiger partial charge is 0.0906 e. The summed E-state index contributed by atoms with van der Waals surface area (Å²) in [5.74, 6) is 0.828. The Labute approximate surface area is 93.2 Å². The van der Waals surface area contributed by atoms with Gasteiger partial charge in [-0.15, -0.1) is 0 Å². The van der Waals surface area contributed by atoms with Gasteiger partial charge in [0.1, 0.15) is 0 Å². The molecule has 1 saturated heterocycles. The van der Waals surface area contributed by atoms with Crippen molar-refractivity contribution in [2.24, 2.45) is 5.92 Å². The average molecular weight is 216 g/mol. The minimum Gasteiger partial charge on any atom is -0.314 e. The Morgan fingerprint density at radius 2 is 2.00 bits per heavy atom. The van der Waals surface area contributed by atoms with E-state index >= 15 is 0 Å². The summed E-state index contributed by atoms with van der Waals surface area (Å²) in [6.45, 7) is 8.62. The van der Waals surface area contributed by atoms with Crippen LogP contribution in [0.4, 0.5) is 4.39 Å². The largest absolute Gasteiger partial charge is 0.314 e. The third kappa shape index (κ3) is 5.47. The SMILES string of the molecule is CC(C)NCC1CCN(CCCF)CC1. The van der Waals surface area contributed by atoms with Crippen molar-refractivity contribution in [2.75, 3.05) is 32.9 Å². The molecule has 3 heteroatoms. The zero-order chi connectivity index (χ0) is 11.1. The lowest BCUT2D eigenvalue weighted by molar-refractivity contribution is 0.175. The summed E-state index contributed by atoms with van der Waals surface area (Å²) in [7, 11) is 0. The lowest BCUT2D eigenvalue weighted by Crippen LogP contribution is -2.39. The third-order valence-corrected chi connectivity index (χ3v) is 3.13. The van der Waals surface area contributed by atoms with Gasteiger partial charge < -0.3 is 10.2 Å². The van der Waals surface area contributed by atoms with Crippen molar-refractivity contribution in [1.29, 1.82) is 0 Å². The molecule has 1 aliphatic heterocycles. The molecule has 90 valence electrons. The van der Waals surface area contributed by atoms with Gasteiger partial charge in [-0.1, -0.05) is 13.8 Å². The van der Waals surface area contributed by atoms with E-state index in [1.54, 1.807) is 0 Å². The summed E-state index contributed by atoms with van der Waals surface area (Å²) in [5.41, 5.74) is 0. The summed E-state index contributed by atoms with van der Waals surface area (Å²) in [4.78, 5) is 2.39. The molecule has 0 aromatic carbocycles. The highest BCUT2D eigenvalue weighted by molar-refractivity contribution is 4.74. The number of likely N-dealkylation sites (tertiary alicyclic amines) is 1. The van der Waals surface area contributed by atoms with Crippen molar-refractivity contribution >= 4 is 0 Å². The molecule has 0 amide bonds. The lowest BCUT2D eigenvalue weighted by Gasteiger charge is -2.32. The summed E-state index contributed by atoms with van der Waals surface area (Å²) < 4.78 is 12.0. The highest BCUT2D eigenvalue weighted by Crippen LogP contribution is 2.16. The monoisotopic (exact) mass is 216 g/mol. The van der Waals surface area contributed by atoms with E-state index in [1.807, 2.05) is 0 Å². The highest BCUT2D eigenvalue weighted by atomic mass is 19.1. The maximum Gasteiger partial charge on any atom is 0.0906 e. The van der Waals surface area contributed by atoms with Crippen LogP contribution < -0.4 is 5.32 Å². The van der Waals surface area contributed by atoms with Gasteiger partial charge in [0.05, 0.1) is 6.67 Å². The Morgan fingerprint density at radius 1 is 1.33 bits per heavy atom. The predicted molar refractivity (Wildman–Crippen MR) is 62.9 cm³/mol. The van der Waals surface area contributed by atoms with E-state index in [0.29, 0.717) is 12.5 Å². The fourth-order valence-corrected chi connectivity index (χ4v) is 2.10. The van der Waals surface area contributed by atoms with Crippen LogP contribution in [0.5, 0.6) is 0 Å². The standard InChI is InChI=1S/C12H25FN2/c1-11(2)14-10-12-4-8-15(9-5-12)7-3-6-13/h11-12,14H,3-10H2,1-2H3. The van der Waals surface area contributed by atoms with Crippen LogP contribution in [0.3, 0.4) is 0 Å². The van der Waals surface area contributed by atoms with Gasteiger partial charge in [-0.25, -0.2) is 0 Å². The maximum atomic E-state index is 12.0. The van der Waals surface area contributed by atoms with Crippen molar-refractivity contribution in [3.8, 4) is 0 Å². The van der Waals surface area contributed by atoms with Crippen LogP contribution in [0, 0.1) is 5.92 Å². The van der Waals surface area contributed by atoms with Crippen molar-refractivity contribution in [3.05, 3.63) is 0 Å². The number of nitrogens with zero attached hydrogens (tertiary/aromatic N) is 1. The van der Waals surface area contributed by atoms with Crippen LogP contribution in [0.1, 0.15) is 33.1 Å². The van der Waals surface area contributed by atoms with Crippen molar-refractivity contribution < 1.29 is 4.39 Å². The fourth-order valence-electron chi connectivity index (χ4n) is 2.10. The van der Waals surface area contributed by atoms with Gasteiger partial charge in [-0.3, -0.25) is 4.39 Å². The summed E-state index contributed by atoms with van der Waals surface area (Å²) in [6.07, 6.45) is 3.24. The Morgan fingerprint density at radius 3 is 2.53 bits per heavy atom. The Kier molecular flexibility index (Phi) is 6.18.